The van der Waals surface area contributed by atoms with Crippen molar-refractivity contribution in [2.24, 2.45) is 10.9 Å². The Morgan fingerprint density at radius 3 is 3.10 bits per heavy atom. The van der Waals surface area contributed by atoms with Crippen LogP contribution in [-0.2, 0) is 12.8 Å². The van der Waals surface area contributed by atoms with Crippen molar-refractivity contribution in [2.75, 3.05) is 0 Å². The summed E-state index contributed by atoms with van der Waals surface area (Å²) in [7, 11) is 0. The third-order valence-corrected chi connectivity index (χ3v) is 5.25. The summed E-state index contributed by atoms with van der Waals surface area (Å²) in [5, 5.41) is 10.2. The molecule has 0 bridgehead atoms. The summed E-state index contributed by atoms with van der Waals surface area (Å²) in [6, 6.07) is 6.10. The van der Waals surface area contributed by atoms with E-state index in [0.29, 0.717) is 5.92 Å². The molecule has 0 saturated carbocycles. The Morgan fingerprint density at radius 1 is 1.55 bits per heavy atom. The van der Waals surface area contributed by atoms with Crippen molar-refractivity contribution in [2.45, 2.75) is 26.2 Å². The second-order valence-corrected chi connectivity index (χ2v) is 7.19. The van der Waals surface area contributed by atoms with E-state index in [-0.39, 0.29) is 0 Å². The van der Waals surface area contributed by atoms with Crippen LogP contribution in [0.3, 0.4) is 0 Å². The predicted molar refractivity (Wildman–Crippen MR) is 88.9 cm³/mol. The number of thiophene rings is 1. The molecule has 0 aromatic carbocycles. The highest BCUT2D eigenvalue weighted by molar-refractivity contribution is 14.1. The van der Waals surface area contributed by atoms with Crippen LogP contribution in [0.1, 0.15) is 35.1 Å². The van der Waals surface area contributed by atoms with Gasteiger partial charge in [0.15, 0.2) is 3.77 Å². The number of rotatable bonds is 2. The Labute approximate surface area is 135 Å². The van der Waals surface area contributed by atoms with E-state index >= 15 is 0 Å². The number of fused-ring (bicyclic) bond motifs is 1. The highest BCUT2D eigenvalue weighted by Crippen LogP contribution is 2.40. The summed E-state index contributed by atoms with van der Waals surface area (Å²) in [6.07, 6.45) is 4.94. The normalized spacial score (nSPS) is 18.1. The zero-order chi connectivity index (χ0) is 14.1. The topological polar surface area (TPSA) is 49.3 Å². The van der Waals surface area contributed by atoms with E-state index in [1.807, 2.05) is 12.1 Å². The monoisotopic (exact) mass is 396 g/mol. The summed E-state index contributed by atoms with van der Waals surface area (Å²) < 4.78 is 6.29. The second-order valence-electron chi connectivity index (χ2n) is 5.04. The fourth-order valence-corrected chi connectivity index (χ4v) is 4.20. The number of hydrogen-bond donors (Lipinski definition) is 0. The lowest BCUT2D eigenvalue weighted by Gasteiger charge is -2.17. The zero-order valence-corrected chi connectivity index (χ0v) is 14.0. The lowest BCUT2D eigenvalue weighted by Crippen LogP contribution is -2.09. The van der Waals surface area contributed by atoms with E-state index in [4.69, 9.17) is 4.42 Å². The molecule has 0 N–H and O–H groups in total. The molecule has 2 heterocycles. The molecule has 0 amide bonds. The van der Waals surface area contributed by atoms with Gasteiger partial charge in [0.25, 0.3) is 0 Å². The molecule has 0 unspecified atom stereocenters. The minimum Gasteiger partial charge on any atom is -0.449 e. The second kappa shape index (κ2) is 5.70. The first-order valence-corrected chi connectivity index (χ1v) is 8.41. The maximum Gasteiger partial charge on any atom is 0.164 e. The van der Waals surface area contributed by atoms with Gasteiger partial charge in [-0.1, -0.05) is 6.92 Å². The van der Waals surface area contributed by atoms with Gasteiger partial charge in [0.05, 0.1) is 11.8 Å². The predicted octanol–water partition coefficient (Wildman–Crippen LogP) is 4.69. The molecule has 1 aliphatic carbocycles. The van der Waals surface area contributed by atoms with E-state index in [1.54, 1.807) is 17.6 Å². The van der Waals surface area contributed by atoms with E-state index in [0.717, 1.165) is 39.4 Å². The van der Waals surface area contributed by atoms with Crippen molar-refractivity contribution >= 4 is 45.1 Å². The molecule has 1 aliphatic rings. The van der Waals surface area contributed by atoms with Crippen molar-refractivity contribution in [1.82, 2.24) is 0 Å². The Morgan fingerprint density at radius 2 is 2.40 bits per heavy atom. The minimum atomic E-state index is 0.705. The van der Waals surface area contributed by atoms with Gasteiger partial charge in [-0.25, -0.2) is 4.99 Å². The van der Waals surface area contributed by atoms with Crippen LogP contribution in [0.5, 0.6) is 0 Å². The van der Waals surface area contributed by atoms with Crippen molar-refractivity contribution in [3.8, 4) is 6.07 Å². The van der Waals surface area contributed by atoms with Gasteiger partial charge >= 0.3 is 0 Å². The van der Waals surface area contributed by atoms with E-state index in [1.165, 1.54) is 10.4 Å². The first-order chi connectivity index (χ1) is 9.67. The molecular formula is C15H13IN2OS. The van der Waals surface area contributed by atoms with Crippen molar-refractivity contribution < 1.29 is 4.42 Å². The van der Waals surface area contributed by atoms with Gasteiger partial charge in [0, 0.05) is 4.88 Å². The molecule has 2 aromatic rings. The summed E-state index contributed by atoms with van der Waals surface area (Å²) in [4.78, 5) is 5.80. The Hall–Kier alpha value is -1.13. The van der Waals surface area contributed by atoms with Crippen LogP contribution >= 0.6 is 33.9 Å². The largest absolute Gasteiger partial charge is 0.449 e. The van der Waals surface area contributed by atoms with Crippen LogP contribution in [0.2, 0.25) is 0 Å². The lowest BCUT2D eigenvalue weighted by molar-refractivity contribution is 0.507. The van der Waals surface area contributed by atoms with Gasteiger partial charge in [-0.05, 0) is 65.5 Å². The molecule has 0 radical (unpaired) electrons. The number of aliphatic imine (C=N–C) groups is 1. The number of halogens is 1. The molecule has 2 aromatic heterocycles. The van der Waals surface area contributed by atoms with Crippen LogP contribution in [0.25, 0.3) is 0 Å². The molecule has 3 rings (SSSR count). The molecule has 0 spiro atoms. The minimum absolute atomic E-state index is 0.705. The molecule has 0 aliphatic heterocycles. The van der Waals surface area contributed by atoms with E-state index in [9.17, 15) is 5.26 Å². The average Bonchev–Trinajstić information content (AvgIpc) is 2.98. The maximum atomic E-state index is 9.39. The average molecular weight is 396 g/mol. The smallest absolute Gasteiger partial charge is 0.164 e. The van der Waals surface area contributed by atoms with Crippen molar-refractivity contribution in [3.63, 3.8) is 0 Å². The molecule has 102 valence electrons. The van der Waals surface area contributed by atoms with Crippen LogP contribution in [0.4, 0.5) is 5.00 Å². The standard InChI is InChI=1S/C15H13IN2OS/c1-9-2-4-11-12(7-17)15(20-13(11)6-9)18-8-10-3-5-14(16)19-10/h3,5,8-9H,2,4,6H2,1H3/t9-/m0/s1. The highest BCUT2D eigenvalue weighted by Gasteiger charge is 2.23. The SMILES string of the molecule is C[C@H]1CCc2c(sc(N=Cc3ccc(I)o3)c2C#N)C1. The van der Waals surface area contributed by atoms with Gasteiger partial charge in [0.2, 0.25) is 0 Å². The number of nitrogens with zero attached hydrogens (tertiary/aromatic N) is 2. The number of hydrogen-bond acceptors (Lipinski definition) is 4. The van der Waals surface area contributed by atoms with Gasteiger partial charge in [-0.2, -0.15) is 5.26 Å². The third kappa shape index (κ3) is 2.67. The fraction of sp³-hybridized carbons (Fsp3) is 0.333. The molecule has 0 fully saturated rings. The Bertz CT molecular complexity index is 708. The molecule has 3 nitrogen and oxygen atoms in total. The Balaban J connectivity index is 1.94. The number of furan rings is 1. The summed E-state index contributed by atoms with van der Waals surface area (Å²) in [6.45, 7) is 2.27. The van der Waals surface area contributed by atoms with Crippen LogP contribution in [0, 0.1) is 21.0 Å². The lowest BCUT2D eigenvalue weighted by atomic mass is 9.89. The van der Waals surface area contributed by atoms with E-state index in [2.05, 4.69) is 40.6 Å². The zero-order valence-electron chi connectivity index (χ0n) is 11.0. The summed E-state index contributed by atoms with van der Waals surface area (Å²) in [5.41, 5.74) is 1.98. The third-order valence-electron chi connectivity index (χ3n) is 3.51. The molecule has 20 heavy (non-hydrogen) atoms. The first kappa shape index (κ1) is 13.8. The van der Waals surface area contributed by atoms with Gasteiger partial charge in [0.1, 0.15) is 16.8 Å². The molecule has 5 heteroatoms. The van der Waals surface area contributed by atoms with Crippen LogP contribution < -0.4 is 0 Å². The van der Waals surface area contributed by atoms with Crippen molar-refractivity contribution in [1.29, 1.82) is 5.26 Å². The van der Waals surface area contributed by atoms with Crippen LogP contribution in [-0.4, -0.2) is 6.21 Å². The summed E-state index contributed by atoms with van der Waals surface area (Å²) in [5.74, 6) is 1.43. The van der Waals surface area contributed by atoms with Gasteiger partial charge < -0.3 is 4.42 Å². The number of nitriles is 1. The first-order valence-electron chi connectivity index (χ1n) is 6.51. The van der Waals surface area contributed by atoms with E-state index < -0.39 is 0 Å². The van der Waals surface area contributed by atoms with Crippen LogP contribution in [0.15, 0.2) is 21.5 Å². The fourth-order valence-electron chi connectivity index (χ4n) is 2.46. The van der Waals surface area contributed by atoms with Gasteiger partial charge in [-0.3, -0.25) is 0 Å². The summed E-state index contributed by atoms with van der Waals surface area (Å²) >= 11 is 3.78. The molecule has 1 atom stereocenters. The Kier molecular flexibility index (Phi) is 3.94. The highest BCUT2D eigenvalue weighted by atomic mass is 127. The van der Waals surface area contributed by atoms with Crippen molar-refractivity contribution in [3.05, 3.63) is 37.7 Å². The quantitative estimate of drug-likeness (QED) is 0.546. The maximum absolute atomic E-state index is 9.39. The molecular weight excluding hydrogens is 383 g/mol. The van der Waals surface area contributed by atoms with Gasteiger partial charge in [-0.15, -0.1) is 11.3 Å². The molecule has 0 saturated heterocycles.